The lowest BCUT2D eigenvalue weighted by molar-refractivity contribution is -0.118. The minimum absolute atomic E-state index is 0.111. The number of hydrogen-bond acceptors (Lipinski definition) is 3. The molecule has 0 bridgehead atoms. The molecule has 0 heterocycles. The van der Waals surface area contributed by atoms with E-state index in [0.717, 1.165) is 16.8 Å². The number of anilines is 1. The van der Waals surface area contributed by atoms with Gasteiger partial charge in [0, 0.05) is 11.2 Å². The third-order valence-electron chi connectivity index (χ3n) is 3.92. The number of para-hydroxylation sites is 1. The van der Waals surface area contributed by atoms with Crippen LogP contribution in [0.15, 0.2) is 71.7 Å². The summed E-state index contributed by atoms with van der Waals surface area (Å²) in [6.07, 6.45) is 1.74. The average molecular weight is 413 g/mol. The van der Waals surface area contributed by atoms with Crippen molar-refractivity contribution in [2.45, 2.75) is 6.92 Å². The molecule has 0 spiro atoms. The normalized spacial score (nSPS) is 10.8. The highest BCUT2D eigenvalue weighted by Gasteiger charge is 2.06. The topological polar surface area (TPSA) is 50.7 Å². The second-order valence-electron chi connectivity index (χ2n) is 6.08. The van der Waals surface area contributed by atoms with Crippen LogP contribution in [0.25, 0.3) is 0 Å². The predicted molar refractivity (Wildman–Crippen MR) is 115 cm³/mol. The largest absolute Gasteiger partial charge is 0.484 e. The first-order valence-corrected chi connectivity index (χ1v) is 9.34. The number of rotatable bonds is 6. The second kappa shape index (κ2) is 9.40. The summed E-state index contributed by atoms with van der Waals surface area (Å²) in [6.45, 7) is 1.84. The maximum Gasteiger partial charge on any atom is 0.262 e. The van der Waals surface area contributed by atoms with Gasteiger partial charge in [0.1, 0.15) is 5.75 Å². The Hall–Kier alpha value is -2.82. The van der Waals surface area contributed by atoms with E-state index in [1.54, 1.807) is 42.6 Å². The van der Waals surface area contributed by atoms with Gasteiger partial charge in [-0.1, -0.05) is 41.4 Å². The molecule has 28 heavy (non-hydrogen) atoms. The summed E-state index contributed by atoms with van der Waals surface area (Å²) in [7, 11) is 0. The van der Waals surface area contributed by atoms with Gasteiger partial charge in [-0.25, -0.2) is 0 Å². The van der Waals surface area contributed by atoms with Gasteiger partial charge in [0.25, 0.3) is 5.91 Å². The summed E-state index contributed by atoms with van der Waals surface area (Å²) in [4.78, 5) is 16.4. The van der Waals surface area contributed by atoms with Crippen molar-refractivity contribution in [1.29, 1.82) is 0 Å². The molecule has 3 rings (SSSR count). The fourth-order valence-electron chi connectivity index (χ4n) is 2.36. The van der Waals surface area contributed by atoms with Gasteiger partial charge in [-0.05, 0) is 66.6 Å². The van der Waals surface area contributed by atoms with Gasteiger partial charge in [0.15, 0.2) is 6.61 Å². The fourth-order valence-corrected chi connectivity index (χ4v) is 2.72. The van der Waals surface area contributed by atoms with Crippen LogP contribution in [0.2, 0.25) is 10.0 Å². The van der Waals surface area contributed by atoms with E-state index >= 15 is 0 Å². The molecular formula is C22H18Cl2N2O2. The number of nitrogens with zero attached hydrogens (tertiary/aromatic N) is 1. The molecule has 0 saturated heterocycles. The minimum atomic E-state index is -0.282. The van der Waals surface area contributed by atoms with E-state index in [-0.39, 0.29) is 12.5 Å². The number of aliphatic imine (C=N–C) groups is 1. The number of halogens is 2. The summed E-state index contributed by atoms with van der Waals surface area (Å²) in [5, 5.41) is 3.88. The summed E-state index contributed by atoms with van der Waals surface area (Å²) < 4.78 is 5.51. The van der Waals surface area contributed by atoms with Crippen LogP contribution < -0.4 is 10.1 Å². The van der Waals surface area contributed by atoms with Crippen molar-refractivity contribution in [2.24, 2.45) is 4.99 Å². The number of benzene rings is 3. The minimum Gasteiger partial charge on any atom is -0.484 e. The number of carbonyl (C=O) groups is 1. The summed E-state index contributed by atoms with van der Waals surface area (Å²) >= 11 is 12.1. The predicted octanol–water partition coefficient (Wildman–Crippen LogP) is 6.07. The standard InChI is InChI=1S/C22H18Cl2N2O2/c1-15-6-9-17(12-20(15)24)25-13-16-7-10-18(11-8-16)28-14-22(27)26-21-5-3-2-4-19(21)23/h2-13H,14H2,1H3,(H,26,27). The van der Waals surface area contributed by atoms with Crippen LogP contribution in [0.4, 0.5) is 11.4 Å². The van der Waals surface area contributed by atoms with Gasteiger partial charge >= 0.3 is 0 Å². The van der Waals surface area contributed by atoms with Crippen LogP contribution in [-0.2, 0) is 4.79 Å². The first kappa shape index (κ1) is 19.9. The van der Waals surface area contributed by atoms with Crippen LogP contribution >= 0.6 is 23.2 Å². The van der Waals surface area contributed by atoms with Crippen LogP contribution in [0.1, 0.15) is 11.1 Å². The molecule has 0 radical (unpaired) electrons. The van der Waals surface area contributed by atoms with Crippen LogP contribution in [0.5, 0.6) is 5.75 Å². The third-order valence-corrected chi connectivity index (χ3v) is 4.65. The van der Waals surface area contributed by atoms with Crippen molar-refractivity contribution in [1.82, 2.24) is 0 Å². The Morgan fingerprint density at radius 1 is 1.04 bits per heavy atom. The van der Waals surface area contributed by atoms with Crippen molar-refractivity contribution in [3.8, 4) is 5.75 Å². The molecule has 0 atom stereocenters. The molecule has 1 amide bonds. The number of nitrogens with one attached hydrogen (secondary N) is 1. The molecular weight excluding hydrogens is 395 g/mol. The second-order valence-corrected chi connectivity index (χ2v) is 6.89. The van der Waals surface area contributed by atoms with Crippen molar-refractivity contribution in [3.63, 3.8) is 0 Å². The quantitative estimate of drug-likeness (QED) is 0.499. The van der Waals surface area contributed by atoms with Crippen molar-refractivity contribution < 1.29 is 9.53 Å². The molecule has 1 N–H and O–H groups in total. The lowest BCUT2D eigenvalue weighted by atomic mass is 10.2. The first-order chi connectivity index (χ1) is 13.5. The first-order valence-electron chi connectivity index (χ1n) is 8.59. The Kier molecular flexibility index (Phi) is 6.69. The third kappa shape index (κ3) is 5.59. The highest BCUT2D eigenvalue weighted by Crippen LogP contribution is 2.22. The molecule has 0 aromatic heterocycles. The lowest BCUT2D eigenvalue weighted by Crippen LogP contribution is -2.20. The van der Waals surface area contributed by atoms with Gasteiger partial charge in [-0.15, -0.1) is 0 Å². The van der Waals surface area contributed by atoms with Crippen molar-refractivity contribution in [2.75, 3.05) is 11.9 Å². The van der Waals surface area contributed by atoms with Gasteiger partial charge in [-0.3, -0.25) is 9.79 Å². The zero-order valence-electron chi connectivity index (χ0n) is 15.2. The molecule has 0 saturated carbocycles. The van der Waals surface area contributed by atoms with Crippen LogP contribution in [-0.4, -0.2) is 18.7 Å². The highest BCUT2D eigenvalue weighted by atomic mass is 35.5. The molecule has 0 aliphatic heterocycles. The van der Waals surface area contributed by atoms with Gasteiger partial charge < -0.3 is 10.1 Å². The Morgan fingerprint density at radius 2 is 1.79 bits per heavy atom. The van der Waals surface area contributed by atoms with E-state index in [4.69, 9.17) is 27.9 Å². The molecule has 3 aromatic carbocycles. The Balaban J connectivity index is 1.54. The molecule has 3 aromatic rings. The smallest absolute Gasteiger partial charge is 0.262 e. The van der Waals surface area contributed by atoms with E-state index in [1.165, 1.54) is 0 Å². The molecule has 0 aliphatic rings. The maximum atomic E-state index is 12.0. The summed E-state index contributed by atoms with van der Waals surface area (Å²) in [6, 6.07) is 20.0. The maximum absolute atomic E-state index is 12.0. The molecule has 142 valence electrons. The number of amides is 1. The Bertz CT molecular complexity index is 1000. The number of carbonyl (C=O) groups excluding carboxylic acids is 1. The molecule has 0 aliphatic carbocycles. The number of ether oxygens (including phenoxy) is 1. The SMILES string of the molecule is Cc1ccc(N=Cc2ccc(OCC(=O)Nc3ccccc3Cl)cc2)cc1Cl. The van der Waals surface area contributed by atoms with Crippen molar-refractivity contribution in [3.05, 3.63) is 87.9 Å². The fraction of sp³-hybridized carbons (Fsp3) is 0.0909. The zero-order valence-corrected chi connectivity index (χ0v) is 16.7. The van der Waals surface area contributed by atoms with Gasteiger partial charge in [-0.2, -0.15) is 0 Å². The van der Waals surface area contributed by atoms with E-state index in [2.05, 4.69) is 10.3 Å². The molecule has 0 fully saturated rings. The van der Waals surface area contributed by atoms with E-state index in [1.807, 2.05) is 37.3 Å². The van der Waals surface area contributed by atoms with E-state index in [0.29, 0.717) is 21.5 Å². The summed E-state index contributed by atoms with van der Waals surface area (Å²) in [5.74, 6) is 0.305. The average Bonchev–Trinajstić information content (AvgIpc) is 2.70. The molecule has 6 heteroatoms. The Labute approximate surface area is 173 Å². The van der Waals surface area contributed by atoms with Crippen LogP contribution in [0.3, 0.4) is 0 Å². The summed E-state index contributed by atoms with van der Waals surface area (Å²) in [5.41, 5.74) is 3.26. The monoisotopic (exact) mass is 412 g/mol. The van der Waals surface area contributed by atoms with E-state index < -0.39 is 0 Å². The molecule has 0 unspecified atom stereocenters. The van der Waals surface area contributed by atoms with Gasteiger partial charge in [0.2, 0.25) is 0 Å². The lowest BCUT2D eigenvalue weighted by Gasteiger charge is -2.08. The zero-order chi connectivity index (χ0) is 19.9. The number of hydrogen-bond donors (Lipinski definition) is 1. The van der Waals surface area contributed by atoms with Crippen LogP contribution in [0, 0.1) is 6.92 Å². The number of aryl methyl sites for hydroxylation is 1. The molecule has 4 nitrogen and oxygen atoms in total. The Morgan fingerprint density at radius 3 is 2.50 bits per heavy atom. The van der Waals surface area contributed by atoms with Crippen molar-refractivity contribution >= 4 is 46.7 Å². The highest BCUT2D eigenvalue weighted by molar-refractivity contribution is 6.33. The van der Waals surface area contributed by atoms with E-state index in [9.17, 15) is 4.79 Å². The van der Waals surface area contributed by atoms with Gasteiger partial charge in [0.05, 0.1) is 16.4 Å².